The van der Waals surface area contributed by atoms with Crippen LogP contribution in [0, 0.1) is 19.8 Å². The van der Waals surface area contributed by atoms with E-state index >= 15 is 0 Å². The quantitative estimate of drug-likeness (QED) is 0.736. The van der Waals surface area contributed by atoms with Crippen LogP contribution in [-0.2, 0) is 16.1 Å². The Balaban J connectivity index is 1.40. The van der Waals surface area contributed by atoms with Crippen molar-refractivity contribution < 1.29 is 14.3 Å². The molecule has 2 aromatic carbocycles. The first-order chi connectivity index (χ1) is 14.4. The van der Waals surface area contributed by atoms with Gasteiger partial charge in [0, 0.05) is 18.2 Å². The summed E-state index contributed by atoms with van der Waals surface area (Å²) in [5.74, 6) is 0.883. The standard InChI is InChI=1S/C24H31N3O3/c1-17-12-18(2)14-21(13-17)26-23(28)16-27-10-8-20(9-11-27)24(29)25-15-19-4-6-22(30-3)7-5-19/h4-7,12-14,20H,8-11,15-16H2,1-3H3,(H,25,29)(H,26,28). The van der Waals surface area contributed by atoms with Gasteiger partial charge in [0.25, 0.3) is 0 Å². The fourth-order valence-electron chi connectivity index (χ4n) is 3.88. The van der Waals surface area contributed by atoms with Gasteiger partial charge >= 0.3 is 0 Å². The minimum atomic E-state index is -0.0117. The summed E-state index contributed by atoms with van der Waals surface area (Å²) in [6.07, 6.45) is 1.54. The number of benzene rings is 2. The molecular weight excluding hydrogens is 378 g/mol. The molecule has 1 heterocycles. The van der Waals surface area contributed by atoms with Gasteiger partial charge in [0.1, 0.15) is 5.75 Å². The second kappa shape index (κ2) is 10.3. The summed E-state index contributed by atoms with van der Waals surface area (Å²) in [6.45, 7) is 6.41. The zero-order valence-corrected chi connectivity index (χ0v) is 18.0. The largest absolute Gasteiger partial charge is 0.497 e. The molecule has 0 bridgehead atoms. The maximum absolute atomic E-state index is 12.5. The number of piperidine rings is 1. The first-order valence-electron chi connectivity index (χ1n) is 10.4. The number of carbonyl (C=O) groups excluding carboxylic acids is 2. The Morgan fingerprint density at radius 2 is 1.67 bits per heavy atom. The molecule has 2 N–H and O–H groups in total. The summed E-state index contributed by atoms with van der Waals surface area (Å²) in [7, 11) is 1.64. The van der Waals surface area contributed by atoms with Gasteiger partial charge in [-0.3, -0.25) is 14.5 Å². The van der Waals surface area contributed by atoms with Gasteiger partial charge in [-0.05, 0) is 80.7 Å². The number of nitrogens with zero attached hydrogens (tertiary/aromatic N) is 1. The van der Waals surface area contributed by atoms with Gasteiger partial charge < -0.3 is 15.4 Å². The maximum atomic E-state index is 12.5. The number of carbonyl (C=O) groups is 2. The van der Waals surface area contributed by atoms with Crippen molar-refractivity contribution in [3.8, 4) is 5.75 Å². The van der Waals surface area contributed by atoms with Crippen LogP contribution in [0.15, 0.2) is 42.5 Å². The van der Waals surface area contributed by atoms with Crippen molar-refractivity contribution in [1.82, 2.24) is 10.2 Å². The van der Waals surface area contributed by atoms with Crippen molar-refractivity contribution in [2.45, 2.75) is 33.2 Å². The van der Waals surface area contributed by atoms with Crippen molar-refractivity contribution in [3.63, 3.8) is 0 Å². The molecule has 0 saturated carbocycles. The summed E-state index contributed by atoms with van der Waals surface area (Å²) in [5.41, 5.74) is 4.15. The third-order valence-corrected chi connectivity index (χ3v) is 5.46. The van der Waals surface area contributed by atoms with Crippen LogP contribution in [0.4, 0.5) is 5.69 Å². The average molecular weight is 410 g/mol. The molecular formula is C24H31N3O3. The summed E-state index contributed by atoms with van der Waals surface area (Å²) in [4.78, 5) is 27.0. The number of anilines is 1. The maximum Gasteiger partial charge on any atom is 0.238 e. The number of hydrogen-bond donors (Lipinski definition) is 2. The van der Waals surface area contributed by atoms with E-state index < -0.39 is 0 Å². The molecule has 0 unspecified atom stereocenters. The summed E-state index contributed by atoms with van der Waals surface area (Å²) in [6, 6.07) is 13.7. The van der Waals surface area contributed by atoms with E-state index in [1.165, 1.54) is 0 Å². The van der Waals surface area contributed by atoms with Crippen LogP contribution in [0.3, 0.4) is 0 Å². The van der Waals surface area contributed by atoms with Crippen molar-refractivity contribution in [3.05, 3.63) is 59.2 Å². The molecule has 30 heavy (non-hydrogen) atoms. The fourth-order valence-corrected chi connectivity index (χ4v) is 3.88. The lowest BCUT2D eigenvalue weighted by molar-refractivity contribution is -0.126. The molecule has 0 aromatic heterocycles. The second-order valence-corrected chi connectivity index (χ2v) is 8.04. The van der Waals surface area contributed by atoms with Crippen LogP contribution in [0.5, 0.6) is 5.75 Å². The highest BCUT2D eigenvalue weighted by Crippen LogP contribution is 2.19. The predicted molar refractivity (Wildman–Crippen MR) is 119 cm³/mol. The molecule has 0 spiro atoms. The van der Waals surface area contributed by atoms with E-state index in [-0.39, 0.29) is 17.7 Å². The molecule has 1 aliphatic rings. The van der Waals surface area contributed by atoms with E-state index in [4.69, 9.17) is 4.74 Å². The number of methoxy groups -OCH3 is 1. The number of likely N-dealkylation sites (tertiary alicyclic amines) is 1. The molecule has 0 radical (unpaired) electrons. The van der Waals surface area contributed by atoms with Crippen LogP contribution in [0.1, 0.15) is 29.5 Å². The highest BCUT2D eigenvalue weighted by atomic mass is 16.5. The molecule has 3 rings (SSSR count). The fraction of sp³-hybridized carbons (Fsp3) is 0.417. The van der Waals surface area contributed by atoms with Crippen molar-refractivity contribution >= 4 is 17.5 Å². The number of rotatable bonds is 7. The number of hydrogen-bond acceptors (Lipinski definition) is 4. The summed E-state index contributed by atoms with van der Waals surface area (Å²) in [5, 5.41) is 6.01. The number of aryl methyl sites for hydroxylation is 2. The lowest BCUT2D eigenvalue weighted by Gasteiger charge is -2.30. The Hall–Kier alpha value is -2.86. The normalized spacial score (nSPS) is 14.9. The Kier molecular flexibility index (Phi) is 7.46. The Morgan fingerprint density at radius 3 is 2.27 bits per heavy atom. The third-order valence-electron chi connectivity index (χ3n) is 5.46. The van der Waals surface area contributed by atoms with Crippen molar-refractivity contribution in [1.29, 1.82) is 0 Å². The number of ether oxygens (including phenoxy) is 1. The van der Waals surface area contributed by atoms with Crippen molar-refractivity contribution in [2.75, 3.05) is 32.1 Å². The molecule has 6 heteroatoms. The third kappa shape index (κ3) is 6.32. The molecule has 1 saturated heterocycles. The molecule has 1 aliphatic heterocycles. The molecule has 6 nitrogen and oxygen atoms in total. The van der Waals surface area contributed by atoms with E-state index in [2.05, 4.69) is 21.6 Å². The predicted octanol–water partition coefficient (Wildman–Crippen LogP) is 3.28. The highest BCUT2D eigenvalue weighted by Gasteiger charge is 2.25. The van der Waals surface area contributed by atoms with Gasteiger partial charge in [-0.25, -0.2) is 0 Å². The minimum absolute atomic E-state index is 0.00184. The Labute approximate surface area is 178 Å². The van der Waals surface area contributed by atoms with Crippen molar-refractivity contribution in [2.24, 2.45) is 5.92 Å². The average Bonchev–Trinajstić information content (AvgIpc) is 2.72. The highest BCUT2D eigenvalue weighted by molar-refractivity contribution is 5.92. The smallest absolute Gasteiger partial charge is 0.238 e. The first-order valence-corrected chi connectivity index (χ1v) is 10.4. The van der Waals surface area contributed by atoms with Crippen LogP contribution < -0.4 is 15.4 Å². The van der Waals surface area contributed by atoms with Crippen LogP contribution in [0.2, 0.25) is 0 Å². The zero-order valence-electron chi connectivity index (χ0n) is 18.0. The SMILES string of the molecule is COc1ccc(CNC(=O)C2CCN(CC(=O)Nc3cc(C)cc(C)c3)CC2)cc1. The number of nitrogens with one attached hydrogen (secondary N) is 2. The summed E-state index contributed by atoms with van der Waals surface area (Å²) < 4.78 is 5.15. The molecule has 1 fully saturated rings. The van der Waals surface area contributed by atoms with E-state index in [0.29, 0.717) is 13.1 Å². The van der Waals surface area contributed by atoms with Gasteiger partial charge in [0.05, 0.1) is 13.7 Å². The Morgan fingerprint density at radius 1 is 1.03 bits per heavy atom. The van der Waals surface area contributed by atoms with E-state index in [9.17, 15) is 9.59 Å². The molecule has 160 valence electrons. The molecule has 2 aromatic rings. The monoisotopic (exact) mass is 409 g/mol. The van der Waals surface area contributed by atoms with E-state index in [1.807, 2.05) is 50.2 Å². The first kappa shape index (κ1) is 21.8. The van der Waals surface area contributed by atoms with E-state index in [1.54, 1.807) is 7.11 Å². The second-order valence-electron chi connectivity index (χ2n) is 8.04. The van der Waals surface area contributed by atoms with Gasteiger partial charge in [-0.2, -0.15) is 0 Å². The Bertz CT molecular complexity index is 852. The van der Waals surface area contributed by atoms with Crippen LogP contribution >= 0.6 is 0 Å². The van der Waals surface area contributed by atoms with Crippen LogP contribution in [-0.4, -0.2) is 43.5 Å². The minimum Gasteiger partial charge on any atom is -0.497 e. The topological polar surface area (TPSA) is 70.7 Å². The summed E-state index contributed by atoms with van der Waals surface area (Å²) >= 11 is 0. The molecule has 0 atom stereocenters. The number of amides is 2. The van der Waals surface area contributed by atoms with Gasteiger partial charge in [0.15, 0.2) is 0 Å². The van der Waals surface area contributed by atoms with Gasteiger partial charge in [0.2, 0.25) is 11.8 Å². The van der Waals surface area contributed by atoms with Gasteiger partial charge in [-0.1, -0.05) is 18.2 Å². The zero-order chi connectivity index (χ0) is 21.5. The van der Waals surface area contributed by atoms with Gasteiger partial charge in [-0.15, -0.1) is 0 Å². The van der Waals surface area contributed by atoms with E-state index in [0.717, 1.165) is 54.1 Å². The molecule has 0 aliphatic carbocycles. The molecule has 2 amide bonds. The lowest BCUT2D eigenvalue weighted by Crippen LogP contribution is -2.43. The van der Waals surface area contributed by atoms with Crippen LogP contribution in [0.25, 0.3) is 0 Å². The lowest BCUT2D eigenvalue weighted by atomic mass is 9.96.